The van der Waals surface area contributed by atoms with Crippen LogP contribution in [0.2, 0.25) is 0 Å². The smallest absolute Gasteiger partial charge is 0.408 e. The molecular formula is C16H15FN2O4. The molecular weight excluding hydrogens is 303 g/mol. The number of carbonyl (C=O) groups is 2. The minimum atomic E-state index is -1.24. The van der Waals surface area contributed by atoms with Crippen molar-refractivity contribution in [1.82, 2.24) is 10.3 Å². The number of benzene rings is 1. The molecule has 0 aliphatic heterocycles. The summed E-state index contributed by atoms with van der Waals surface area (Å²) in [6, 6.07) is 10.4. The van der Waals surface area contributed by atoms with Crippen molar-refractivity contribution in [3.05, 3.63) is 65.7 Å². The zero-order valence-corrected chi connectivity index (χ0v) is 12.1. The van der Waals surface area contributed by atoms with Gasteiger partial charge in [0.1, 0.15) is 12.6 Å². The number of rotatable bonds is 6. The maximum Gasteiger partial charge on any atom is 0.408 e. The number of carbonyl (C=O) groups excluding carboxylic acids is 1. The van der Waals surface area contributed by atoms with E-state index >= 15 is 0 Å². The Balaban J connectivity index is 1.91. The fourth-order valence-electron chi connectivity index (χ4n) is 1.91. The predicted octanol–water partition coefficient (Wildman–Crippen LogP) is 2.14. The van der Waals surface area contributed by atoms with Crippen LogP contribution in [0.25, 0.3) is 0 Å². The van der Waals surface area contributed by atoms with Crippen LogP contribution in [0, 0.1) is 5.95 Å². The summed E-state index contributed by atoms with van der Waals surface area (Å²) in [6.07, 6.45) is 0.308. The summed E-state index contributed by atoms with van der Waals surface area (Å²) in [5.74, 6) is -1.95. The molecule has 1 amide bonds. The number of aliphatic carboxylic acids is 1. The lowest BCUT2D eigenvalue weighted by atomic mass is 10.1. The average molecular weight is 318 g/mol. The third-order valence-corrected chi connectivity index (χ3v) is 3.03. The molecule has 2 rings (SSSR count). The van der Waals surface area contributed by atoms with E-state index < -0.39 is 24.1 Å². The van der Waals surface area contributed by atoms with Crippen molar-refractivity contribution >= 4 is 12.1 Å². The van der Waals surface area contributed by atoms with Crippen molar-refractivity contribution in [2.45, 2.75) is 19.1 Å². The van der Waals surface area contributed by atoms with Gasteiger partial charge in [-0.15, -0.1) is 0 Å². The highest BCUT2D eigenvalue weighted by molar-refractivity contribution is 5.80. The Hall–Kier alpha value is -2.96. The Morgan fingerprint density at radius 3 is 2.61 bits per heavy atom. The summed E-state index contributed by atoms with van der Waals surface area (Å²) in [6.45, 7) is 0.0307. The minimum Gasteiger partial charge on any atom is -0.480 e. The van der Waals surface area contributed by atoms with E-state index in [2.05, 4.69) is 10.3 Å². The van der Waals surface area contributed by atoms with Gasteiger partial charge >= 0.3 is 12.1 Å². The Labute approximate surface area is 131 Å². The topological polar surface area (TPSA) is 88.5 Å². The highest BCUT2D eigenvalue weighted by Gasteiger charge is 2.21. The number of aromatic nitrogens is 1. The van der Waals surface area contributed by atoms with Gasteiger partial charge in [-0.05, 0) is 23.3 Å². The maximum absolute atomic E-state index is 13.0. The zero-order valence-electron chi connectivity index (χ0n) is 12.1. The first kappa shape index (κ1) is 16.4. The molecule has 0 radical (unpaired) electrons. The van der Waals surface area contributed by atoms with Gasteiger partial charge in [-0.1, -0.05) is 30.3 Å². The number of pyridine rings is 1. The van der Waals surface area contributed by atoms with Crippen molar-refractivity contribution in [3.8, 4) is 0 Å². The molecule has 7 heteroatoms. The summed E-state index contributed by atoms with van der Waals surface area (Å²) in [5.41, 5.74) is 1.19. The standard InChI is InChI=1S/C16H15FN2O4/c17-14-9-12(6-7-18-14)8-13(15(20)21)19-16(22)23-10-11-4-2-1-3-5-11/h1-7,9,13H,8,10H2,(H,19,22)(H,20,21)/t13-/m0/s1. The van der Waals surface area contributed by atoms with Gasteiger partial charge in [-0.3, -0.25) is 0 Å². The second-order valence-corrected chi connectivity index (χ2v) is 4.79. The van der Waals surface area contributed by atoms with Gasteiger partial charge in [-0.25, -0.2) is 14.6 Å². The molecule has 23 heavy (non-hydrogen) atoms. The van der Waals surface area contributed by atoms with Gasteiger partial charge in [0.05, 0.1) is 0 Å². The lowest BCUT2D eigenvalue weighted by Gasteiger charge is -2.14. The molecule has 0 spiro atoms. The van der Waals surface area contributed by atoms with Crippen LogP contribution in [0.4, 0.5) is 9.18 Å². The molecule has 2 N–H and O–H groups in total. The summed E-state index contributed by atoms with van der Waals surface area (Å²) in [7, 11) is 0. The van der Waals surface area contributed by atoms with Gasteiger partial charge in [0.25, 0.3) is 0 Å². The van der Waals surface area contributed by atoms with E-state index in [0.717, 1.165) is 11.6 Å². The largest absolute Gasteiger partial charge is 0.480 e. The molecule has 120 valence electrons. The van der Waals surface area contributed by atoms with Crippen LogP contribution in [0.5, 0.6) is 0 Å². The Kier molecular flexibility index (Phi) is 5.62. The summed E-state index contributed by atoms with van der Waals surface area (Å²) in [4.78, 5) is 26.3. The molecule has 1 heterocycles. The van der Waals surface area contributed by atoms with Gasteiger partial charge in [0.2, 0.25) is 5.95 Å². The lowest BCUT2D eigenvalue weighted by Crippen LogP contribution is -2.42. The van der Waals surface area contributed by atoms with Crippen LogP contribution in [-0.2, 0) is 22.6 Å². The maximum atomic E-state index is 13.0. The highest BCUT2D eigenvalue weighted by Crippen LogP contribution is 2.06. The number of ether oxygens (including phenoxy) is 1. The van der Waals surface area contributed by atoms with Gasteiger partial charge in [0.15, 0.2) is 0 Å². The number of nitrogens with zero attached hydrogens (tertiary/aromatic N) is 1. The fourth-order valence-corrected chi connectivity index (χ4v) is 1.91. The Morgan fingerprint density at radius 2 is 1.96 bits per heavy atom. The number of carboxylic acid groups (broad SMARTS) is 1. The molecule has 2 aromatic rings. The summed E-state index contributed by atoms with van der Waals surface area (Å²) >= 11 is 0. The lowest BCUT2D eigenvalue weighted by molar-refractivity contribution is -0.139. The van der Waals surface area contributed by atoms with E-state index in [9.17, 15) is 14.0 Å². The molecule has 1 aromatic heterocycles. The molecule has 1 aromatic carbocycles. The first-order chi connectivity index (χ1) is 11.0. The van der Waals surface area contributed by atoms with Crippen LogP contribution < -0.4 is 5.32 Å². The van der Waals surface area contributed by atoms with E-state index in [1.54, 1.807) is 24.3 Å². The van der Waals surface area contributed by atoms with E-state index in [-0.39, 0.29) is 13.0 Å². The SMILES string of the molecule is O=C(N[C@@H](Cc1ccnc(F)c1)C(=O)O)OCc1ccccc1. The van der Waals surface area contributed by atoms with E-state index in [4.69, 9.17) is 9.84 Å². The summed E-state index contributed by atoms with van der Waals surface area (Å²) < 4.78 is 18.0. The minimum absolute atomic E-state index is 0.0307. The molecule has 0 saturated carbocycles. The van der Waals surface area contributed by atoms with Gasteiger partial charge in [0, 0.05) is 12.6 Å². The molecule has 0 bridgehead atoms. The van der Waals surface area contributed by atoms with Crippen LogP contribution in [0.15, 0.2) is 48.7 Å². The average Bonchev–Trinajstić information content (AvgIpc) is 2.53. The van der Waals surface area contributed by atoms with Crippen molar-refractivity contribution in [2.75, 3.05) is 0 Å². The van der Waals surface area contributed by atoms with Crippen molar-refractivity contribution in [3.63, 3.8) is 0 Å². The molecule has 0 saturated heterocycles. The molecule has 0 fully saturated rings. The second kappa shape index (κ2) is 7.88. The number of nitrogens with one attached hydrogen (secondary N) is 1. The van der Waals surface area contributed by atoms with Crippen molar-refractivity contribution in [2.24, 2.45) is 0 Å². The summed E-state index contributed by atoms with van der Waals surface area (Å²) in [5, 5.41) is 11.4. The van der Waals surface area contributed by atoms with Crippen LogP contribution >= 0.6 is 0 Å². The van der Waals surface area contributed by atoms with Gasteiger partial charge in [-0.2, -0.15) is 4.39 Å². The van der Waals surface area contributed by atoms with E-state index in [1.165, 1.54) is 12.3 Å². The Morgan fingerprint density at radius 1 is 1.22 bits per heavy atom. The monoisotopic (exact) mass is 318 g/mol. The second-order valence-electron chi connectivity index (χ2n) is 4.79. The number of halogens is 1. The molecule has 6 nitrogen and oxygen atoms in total. The van der Waals surface area contributed by atoms with Crippen LogP contribution in [-0.4, -0.2) is 28.2 Å². The van der Waals surface area contributed by atoms with E-state index in [1.807, 2.05) is 6.07 Å². The predicted molar refractivity (Wildman–Crippen MR) is 79.1 cm³/mol. The molecule has 0 aliphatic carbocycles. The third kappa shape index (κ3) is 5.39. The van der Waals surface area contributed by atoms with Crippen LogP contribution in [0.3, 0.4) is 0 Å². The number of hydrogen-bond donors (Lipinski definition) is 2. The Bertz CT molecular complexity index is 679. The zero-order chi connectivity index (χ0) is 16.7. The molecule has 0 unspecified atom stereocenters. The van der Waals surface area contributed by atoms with Crippen LogP contribution in [0.1, 0.15) is 11.1 Å². The normalized spacial score (nSPS) is 11.5. The molecule has 1 atom stereocenters. The molecule has 0 aliphatic rings. The fraction of sp³-hybridized carbons (Fsp3) is 0.188. The number of carboxylic acids is 1. The number of alkyl carbamates (subject to hydrolysis) is 1. The third-order valence-electron chi connectivity index (χ3n) is 3.03. The first-order valence-corrected chi connectivity index (χ1v) is 6.85. The first-order valence-electron chi connectivity index (χ1n) is 6.85. The number of amides is 1. The van der Waals surface area contributed by atoms with Gasteiger partial charge < -0.3 is 15.2 Å². The van der Waals surface area contributed by atoms with Crippen molar-refractivity contribution in [1.29, 1.82) is 0 Å². The van der Waals surface area contributed by atoms with E-state index in [0.29, 0.717) is 5.56 Å². The number of hydrogen-bond acceptors (Lipinski definition) is 4. The quantitative estimate of drug-likeness (QED) is 0.797. The van der Waals surface area contributed by atoms with Crippen molar-refractivity contribution < 1.29 is 23.8 Å². The highest BCUT2D eigenvalue weighted by atomic mass is 19.1.